The SMILES string of the molecule is Cc1ccc(C)c(-c2csc(NC(=O)CCc3nc4ccccc4[nH]c3=O)n2)c1. The Balaban J connectivity index is 1.43. The van der Waals surface area contributed by atoms with Gasteiger partial charge in [-0.25, -0.2) is 9.97 Å². The number of nitrogens with one attached hydrogen (secondary N) is 2. The van der Waals surface area contributed by atoms with Crippen molar-refractivity contribution >= 4 is 33.4 Å². The molecule has 29 heavy (non-hydrogen) atoms. The number of hydrogen-bond acceptors (Lipinski definition) is 5. The summed E-state index contributed by atoms with van der Waals surface area (Å²) in [5.41, 5.74) is 5.70. The van der Waals surface area contributed by atoms with Gasteiger partial charge in [0.05, 0.1) is 16.7 Å². The topological polar surface area (TPSA) is 87.7 Å². The number of aryl methyl sites for hydroxylation is 3. The monoisotopic (exact) mass is 404 g/mol. The summed E-state index contributed by atoms with van der Waals surface area (Å²) in [6.07, 6.45) is 0.425. The summed E-state index contributed by atoms with van der Waals surface area (Å²) in [5, 5.41) is 5.31. The molecule has 4 rings (SSSR count). The number of rotatable bonds is 5. The second kappa shape index (κ2) is 7.97. The smallest absolute Gasteiger partial charge is 0.270 e. The molecule has 0 atom stereocenters. The van der Waals surface area contributed by atoms with E-state index in [0.29, 0.717) is 21.9 Å². The number of hydrogen-bond donors (Lipinski definition) is 2. The van der Waals surface area contributed by atoms with E-state index in [0.717, 1.165) is 22.4 Å². The molecule has 2 N–H and O–H groups in total. The van der Waals surface area contributed by atoms with Crippen molar-refractivity contribution in [1.29, 1.82) is 0 Å². The molecule has 4 aromatic rings. The Kier molecular flexibility index (Phi) is 5.22. The van der Waals surface area contributed by atoms with E-state index in [1.54, 1.807) is 6.07 Å². The summed E-state index contributed by atoms with van der Waals surface area (Å²) in [5.74, 6) is -0.193. The number of carbonyl (C=O) groups excluding carboxylic acids is 1. The zero-order valence-electron chi connectivity index (χ0n) is 16.2. The molecule has 0 aliphatic rings. The number of thiazole rings is 1. The highest BCUT2D eigenvalue weighted by Crippen LogP contribution is 2.28. The van der Waals surface area contributed by atoms with Gasteiger partial charge in [0.1, 0.15) is 5.69 Å². The number of para-hydroxylation sites is 2. The Hall–Kier alpha value is -3.32. The predicted octanol–water partition coefficient (Wildman–Crippen LogP) is 4.23. The van der Waals surface area contributed by atoms with Crippen molar-refractivity contribution in [3.63, 3.8) is 0 Å². The normalized spacial score (nSPS) is 11.0. The molecule has 0 radical (unpaired) electrons. The van der Waals surface area contributed by atoms with E-state index in [-0.39, 0.29) is 24.3 Å². The van der Waals surface area contributed by atoms with Crippen molar-refractivity contribution in [3.05, 3.63) is 75.0 Å². The second-order valence-electron chi connectivity index (χ2n) is 6.93. The highest BCUT2D eigenvalue weighted by Gasteiger charge is 2.12. The van der Waals surface area contributed by atoms with Crippen LogP contribution in [0.1, 0.15) is 23.2 Å². The van der Waals surface area contributed by atoms with Gasteiger partial charge in [-0.15, -0.1) is 11.3 Å². The van der Waals surface area contributed by atoms with Crippen LogP contribution < -0.4 is 10.9 Å². The minimum atomic E-state index is -0.261. The number of carbonyl (C=O) groups is 1. The van der Waals surface area contributed by atoms with Gasteiger partial charge in [0.2, 0.25) is 5.91 Å². The fraction of sp³-hybridized carbons (Fsp3) is 0.182. The number of aromatic nitrogens is 3. The summed E-state index contributed by atoms with van der Waals surface area (Å²) in [6, 6.07) is 13.6. The summed E-state index contributed by atoms with van der Waals surface area (Å²) in [7, 11) is 0. The first kappa shape index (κ1) is 19.0. The number of H-pyrrole nitrogens is 1. The van der Waals surface area contributed by atoms with E-state index < -0.39 is 0 Å². The Morgan fingerprint density at radius 3 is 2.83 bits per heavy atom. The van der Waals surface area contributed by atoms with Crippen LogP contribution in [0.3, 0.4) is 0 Å². The number of amides is 1. The molecule has 0 aliphatic carbocycles. The molecule has 0 saturated heterocycles. The first-order chi connectivity index (χ1) is 14.0. The molecule has 0 aliphatic heterocycles. The van der Waals surface area contributed by atoms with Crippen molar-refractivity contribution in [3.8, 4) is 11.3 Å². The van der Waals surface area contributed by atoms with E-state index in [9.17, 15) is 9.59 Å². The zero-order chi connectivity index (χ0) is 20.4. The lowest BCUT2D eigenvalue weighted by Crippen LogP contribution is -2.18. The molecule has 0 saturated carbocycles. The maximum atomic E-state index is 12.3. The average Bonchev–Trinajstić information content (AvgIpc) is 3.16. The summed E-state index contributed by atoms with van der Waals surface area (Å²) in [6.45, 7) is 4.08. The number of nitrogens with zero attached hydrogens (tertiary/aromatic N) is 2. The third kappa shape index (κ3) is 4.25. The van der Waals surface area contributed by atoms with Crippen molar-refractivity contribution in [2.45, 2.75) is 26.7 Å². The van der Waals surface area contributed by atoms with Crippen LogP contribution in [0.25, 0.3) is 22.3 Å². The van der Waals surface area contributed by atoms with Crippen LogP contribution in [0, 0.1) is 13.8 Å². The van der Waals surface area contributed by atoms with Gasteiger partial charge < -0.3 is 10.3 Å². The number of anilines is 1. The maximum Gasteiger partial charge on any atom is 0.270 e. The van der Waals surface area contributed by atoms with Crippen LogP contribution in [0.15, 0.2) is 52.6 Å². The lowest BCUT2D eigenvalue weighted by molar-refractivity contribution is -0.116. The van der Waals surface area contributed by atoms with Gasteiger partial charge in [-0.2, -0.15) is 0 Å². The first-order valence-corrected chi connectivity index (χ1v) is 10.2. The lowest BCUT2D eigenvalue weighted by Gasteiger charge is -2.04. The third-order valence-electron chi connectivity index (χ3n) is 4.68. The quantitative estimate of drug-likeness (QED) is 0.521. The van der Waals surface area contributed by atoms with Crippen molar-refractivity contribution in [2.75, 3.05) is 5.32 Å². The fourth-order valence-corrected chi connectivity index (χ4v) is 3.84. The van der Waals surface area contributed by atoms with Gasteiger partial charge in [0.25, 0.3) is 5.56 Å². The van der Waals surface area contributed by atoms with E-state index in [4.69, 9.17) is 0 Å². The molecule has 146 valence electrons. The molecule has 1 amide bonds. The molecule has 7 heteroatoms. The van der Waals surface area contributed by atoms with Crippen molar-refractivity contribution < 1.29 is 4.79 Å². The predicted molar refractivity (Wildman–Crippen MR) is 116 cm³/mol. The molecule has 2 aromatic carbocycles. The second-order valence-corrected chi connectivity index (χ2v) is 7.79. The Bertz CT molecular complexity index is 1260. The number of fused-ring (bicyclic) bond motifs is 1. The molecule has 2 heterocycles. The van der Waals surface area contributed by atoms with Gasteiger partial charge in [-0.05, 0) is 37.6 Å². The molecular weight excluding hydrogens is 384 g/mol. The standard InChI is InChI=1S/C22H20N4O2S/c1-13-7-8-14(2)15(11-13)19-12-29-22(25-19)26-20(27)10-9-18-21(28)24-17-6-4-3-5-16(17)23-18/h3-8,11-12H,9-10H2,1-2H3,(H,24,28)(H,25,26,27). The van der Waals surface area contributed by atoms with Crippen LogP contribution in [0.2, 0.25) is 0 Å². The Morgan fingerprint density at radius 2 is 1.97 bits per heavy atom. The first-order valence-electron chi connectivity index (χ1n) is 9.30. The molecule has 0 spiro atoms. The fourth-order valence-electron chi connectivity index (χ4n) is 3.12. The van der Waals surface area contributed by atoms with Gasteiger partial charge >= 0.3 is 0 Å². The van der Waals surface area contributed by atoms with Crippen LogP contribution in [0.4, 0.5) is 5.13 Å². The number of aromatic amines is 1. The third-order valence-corrected chi connectivity index (χ3v) is 5.44. The molecular formula is C22H20N4O2S. The van der Waals surface area contributed by atoms with E-state index in [1.807, 2.05) is 37.4 Å². The molecule has 0 unspecified atom stereocenters. The lowest BCUT2D eigenvalue weighted by atomic mass is 10.0. The zero-order valence-corrected chi connectivity index (χ0v) is 17.0. The van der Waals surface area contributed by atoms with Crippen LogP contribution >= 0.6 is 11.3 Å². The molecule has 2 aromatic heterocycles. The summed E-state index contributed by atoms with van der Waals surface area (Å²) in [4.78, 5) is 36.2. The minimum Gasteiger partial charge on any atom is -0.319 e. The molecule has 0 bridgehead atoms. The van der Waals surface area contributed by atoms with Gasteiger partial charge in [0.15, 0.2) is 5.13 Å². The average molecular weight is 404 g/mol. The van der Waals surface area contributed by atoms with Crippen LogP contribution in [0.5, 0.6) is 0 Å². The summed E-state index contributed by atoms with van der Waals surface area (Å²) >= 11 is 1.39. The van der Waals surface area contributed by atoms with Crippen molar-refractivity contribution in [1.82, 2.24) is 15.0 Å². The van der Waals surface area contributed by atoms with Gasteiger partial charge in [0, 0.05) is 23.8 Å². The highest BCUT2D eigenvalue weighted by atomic mass is 32.1. The van der Waals surface area contributed by atoms with Crippen LogP contribution in [-0.4, -0.2) is 20.9 Å². The van der Waals surface area contributed by atoms with E-state index in [2.05, 4.69) is 38.5 Å². The molecule has 0 fully saturated rings. The van der Waals surface area contributed by atoms with Gasteiger partial charge in [-0.3, -0.25) is 9.59 Å². The Labute approximate surface area is 171 Å². The summed E-state index contributed by atoms with van der Waals surface area (Å²) < 4.78 is 0. The maximum absolute atomic E-state index is 12.3. The van der Waals surface area contributed by atoms with Crippen LogP contribution in [-0.2, 0) is 11.2 Å². The number of benzene rings is 2. The van der Waals surface area contributed by atoms with Crippen molar-refractivity contribution in [2.24, 2.45) is 0 Å². The van der Waals surface area contributed by atoms with Gasteiger partial charge in [-0.1, -0.05) is 29.8 Å². The van der Waals surface area contributed by atoms with E-state index in [1.165, 1.54) is 11.3 Å². The largest absolute Gasteiger partial charge is 0.319 e. The van der Waals surface area contributed by atoms with E-state index >= 15 is 0 Å². The Morgan fingerprint density at radius 1 is 1.14 bits per heavy atom. The highest BCUT2D eigenvalue weighted by molar-refractivity contribution is 7.14. The molecule has 6 nitrogen and oxygen atoms in total. The minimum absolute atomic E-state index is 0.160.